The summed E-state index contributed by atoms with van der Waals surface area (Å²) in [6.07, 6.45) is 6.77. The molecule has 1 N–H and O–H groups in total. The van der Waals surface area contributed by atoms with Gasteiger partial charge in [0, 0.05) is 36.7 Å². The Kier molecular flexibility index (Phi) is 6.62. The molecule has 7 nitrogen and oxygen atoms in total. The molecule has 0 saturated carbocycles. The van der Waals surface area contributed by atoms with Crippen molar-refractivity contribution in [1.82, 2.24) is 14.3 Å². The number of carbonyl (C=O) groups excluding carboxylic acids is 1. The van der Waals surface area contributed by atoms with Crippen LogP contribution >= 0.6 is 0 Å². The molecule has 0 bridgehead atoms. The first-order chi connectivity index (χ1) is 15.4. The number of anilines is 1. The van der Waals surface area contributed by atoms with Crippen LogP contribution in [0.15, 0.2) is 65.8 Å². The molecule has 0 radical (unpaired) electrons. The van der Waals surface area contributed by atoms with Crippen LogP contribution in [0.2, 0.25) is 0 Å². The highest BCUT2D eigenvalue weighted by Crippen LogP contribution is 2.26. The highest BCUT2D eigenvalue weighted by molar-refractivity contribution is 7.89. The van der Waals surface area contributed by atoms with E-state index in [4.69, 9.17) is 0 Å². The highest BCUT2D eigenvalue weighted by atomic mass is 32.2. The van der Waals surface area contributed by atoms with Gasteiger partial charge in [-0.05, 0) is 37.5 Å². The van der Waals surface area contributed by atoms with Crippen LogP contribution in [0.5, 0.6) is 0 Å². The van der Waals surface area contributed by atoms with E-state index >= 15 is 0 Å². The van der Waals surface area contributed by atoms with E-state index in [1.807, 2.05) is 30.3 Å². The van der Waals surface area contributed by atoms with E-state index in [2.05, 4.69) is 15.3 Å². The summed E-state index contributed by atoms with van der Waals surface area (Å²) in [5, 5.41) is 2.77. The van der Waals surface area contributed by atoms with Crippen molar-refractivity contribution in [2.24, 2.45) is 0 Å². The van der Waals surface area contributed by atoms with E-state index < -0.39 is 15.9 Å². The fourth-order valence-electron chi connectivity index (χ4n) is 3.76. The summed E-state index contributed by atoms with van der Waals surface area (Å²) in [6.45, 7) is 2.83. The minimum Gasteiger partial charge on any atom is -0.322 e. The molecule has 0 aliphatic carbocycles. The predicted molar refractivity (Wildman–Crippen MR) is 124 cm³/mol. The van der Waals surface area contributed by atoms with Gasteiger partial charge in [0.2, 0.25) is 10.0 Å². The fourth-order valence-corrected chi connectivity index (χ4v) is 5.53. The van der Waals surface area contributed by atoms with Crippen molar-refractivity contribution in [3.8, 4) is 11.4 Å². The maximum Gasteiger partial charge on any atom is 0.258 e. The Morgan fingerprint density at radius 3 is 2.25 bits per heavy atom. The molecule has 2 heterocycles. The fraction of sp³-hybridized carbons (Fsp3) is 0.292. The Bertz CT molecular complexity index is 1190. The Balaban J connectivity index is 1.53. The first kappa shape index (κ1) is 22.1. The molecule has 0 spiro atoms. The molecule has 1 amide bonds. The van der Waals surface area contributed by atoms with E-state index in [9.17, 15) is 13.2 Å². The topological polar surface area (TPSA) is 92.3 Å². The molecule has 3 aromatic rings. The molecule has 1 aromatic heterocycles. The molecule has 1 saturated heterocycles. The number of nitrogens with zero attached hydrogens (tertiary/aromatic N) is 3. The van der Waals surface area contributed by atoms with Crippen molar-refractivity contribution in [2.75, 3.05) is 18.4 Å². The molecular formula is C24H26N4O3S. The van der Waals surface area contributed by atoms with Gasteiger partial charge < -0.3 is 5.32 Å². The largest absolute Gasteiger partial charge is 0.322 e. The van der Waals surface area contributed by atoms with Gasteiger partial charge in [0.05, 0.1) is 10.5 Å². The number of amides is 1. The summed E-state index contributed by atoms with van der Waals surface area (Å²) >= 11 is 0. The molecular weight excluding hydrogens is 424 g/mol. The van der Waals surface area contributed by atoms with E-state index in [0.717, 1.165) is 31.2 Å². The van der Waals surface area contributed by atoms with Crippen molar-refractivity contribution in [1.29, 1.82) is 0 Å². The number of rotatable bonds is 5. The molecule has 166 valence electrons. The summed E-state index contributed by atoms with van der Waals surface area (Å²) < 4.78 is 28.0. The number of nitrogens with one attached hydrogen (secondary N) is 1. The maximum absolute atomic E-state index is 13.2. The van der Waals surface area contributed by atoms with Crippen LogP contribution in [-0.4, -0.2) is 41.7 Å². The van der Waals surface area contributed by atoms with Gasteiger partial charge >= 0.3 is 0 Å². The molecule has 1 aliphatic heterocycles. The zero-order valence-electron chi connectivity index (χ0n) is 18.0. The van der Waals surface area contributed by atoms with Crippen molar-refractivity contribution < 1.29 is 13.2 Å². The lowest BCUT2D eigenvalue weighted by Gasteiger charge is -2.21. The smallest absolute Gasteiger partial charge is 0.258 e. The predicted octanol–water partition coefficient (Wildman–Crippen LogP) is 4.27. The van der Waals surface area contributed by atoms with E-state index in [-0.39, 0.29) is 4.90 Å². The first-order valence-corrected chi connectivity index (χ1v) is 12.2. The highest BCUT2D eigenvalue weighted by Gasteiger charge is 2.27. The van der Waals surface area contributed by atoms with E-state index in [1.54, 1.807) is 23.4 Å². The quantitative estimate of drug-likeness (QED) is 0.627. The third-order valence-corrected chi connectivity index (χ3v) is 7.62. The Hall–Kier alpha value is -3.10. The second kappa shape index (κ2) is 9.58. The summed E-state index contributed by atoms with van der Waals surface area (Å²) in [6, 6.07) is 14.5. The van der Waals surface area contributed by atoms with Crippen LogP contribution in [0.1, 0.15) is 41.6 Å². The van der Waals surface area contributed by atoms with Crippen molar-refractivity contribution in [3.05, 3.63) is 72.1 Å². The lowest BCUT2D eigenvalue weighted by atomic mass is 10.2. The van der Waals surface area contributed by atoms with Gasteiger partial charge in [0.1, 0.15) is 0 Å². The average molecular weight is 451 g/mol. The van der Waals surface area contributed by atoms with Crippen LogP contribution in [0.4, 0.5) is 5.69 Å². The molecule has 32 heavy (non-hydrogen) atoms. The lowest BCUT2D eigenvalue weighted by Crippen LogP contribution is -2.32. The van der Waals surface area contributed by atoms with Gasteiger partial charge in [-0.15, -0.1) is 0 Å². The van der Waals surface area contributed by atoms with Crippen molar-refractivity contribution >= 4 is 21.6 Å². The normalized spacial score (nSPS) is 15.2. The molecule has 2 aromatic carbocycles. The van der Waals surface area contributed by atoms with Crippen molar-refractivity contribution in [2.45, 2.75) is 37.5 Å². The summed E-state index contributed by atoms with van der Waals surface area (Å²) in [5.41, 5.74) is 2.23. The second-order valence-electron chi connectivity index (χ2n) is 7.91. The van der Waals surface area contributed by atoms with Gasteiger partial charge in [-0.1, -0.05) is 49.2 Å². The number of carbonyl (C=O) groups is 1. The minimum absolute atomic E-state index is 0.230. The van der Waals surface area contributed by atoms with Gasteiger partial charge in [-0.2, -0.15) is 4.31 Å². The van der Waals surface area contributed by atoms with Gasteiger partial charge in [0.25, 0.3) is 5.91 Å². The van der Waals surface area contributed by atoms with Crippen molar-refractivity contribution in [3.63, 3.8) is 0 Å². The average Bonchev–Trinajstić information content (AvgIpc) is 3.11. The van der Waals surface area contributed by atoms with Gasteiger partial charge in [0.15, 0.2) is 5.82 Å². The number of hydrogen-bond donors (Lipinski definition) is 1. The molecule has 0 atom stereocenters. The standard InChI is InChI=1S/C24H26N4O3S/c1-18-11-12-21(15-22(18)32(30,31)28-13-7-2-3-8-14-28)27-24(29)20-16-25-23(26-17-20)19-9-5-4-6-10-19/h4-6,9-12,15-17H,2-3,7-8,13-14H2,1H3,(H,27,29). The van der Waals surface area contributed by atoms with Crippen LogP contribution in [0.25, 0.3) is 11.4 Å². The number of sulfonamides is 1. The Labute approximate surface area is 188 Å². The SMILES string of the molecule is Cc1ccc(NC(=O)c2cnc(-c3ccccc3)nc2)cc1S(=O)(=O)N1CCCCCC1. The van der Waals surface area contributed by atoms with Crippen LogP contribution < -0.4 is 5.32 Å². The Morgan fingerprint density at radius 1 is 0.938 bits per heavy atom. The molecule has 1 aliphatic rings. The number of hydrogen-bond acceptors (Lipinski definition) is 5. The number of aromatic nitrogens is 2. The monoisotopic (exact) mass is 450 g/mol. The zero-order valence-corrected chi connectivity index (χ0v) is 18.8. The van der Waals surface area contributed by atoms with Crippen LogP contribution in [0, 0.1) is 6.92 Å². The van der Waals surface area contributed by atoms with Crippen LogP contribution in [0.3, 0.4) is 0 Å². The third kappa shape index (κ3) is 4.87. The van der Waals surface area contributed by atoms with Gasteiger partial charge in [-0.3, -0.25) is 4.79 Å². The van der Waals surface area contributed by atoms with E-state index in [0.29, 0.717) is 35.7 Å². The van der Waals surface area contributed by atoms with E-state index in [1.165, 1.54) is 18.5 Å². The zero-order chi connectivity index (χ0) is 22.6. The number of aryl methyl sites for hydroxylation is 1. The minimum atomic E-state index is -3.62. The molecule has 0 unspecified atom stereocenters. The first-order valence-electron chi connectivity index (χ1n) is 10.7. The van der Waals surface area contributed by atoms with Gasteiger partial charge in [-0.25, -0.2) is 18.4 Å². The number of benzene rings is 2. The van der Waals surface area contributed by atoms with Crippen LogP contribution in [-0.2, 0) is 10.0 Å². The molecule has 8 heteroatoms. The summed E-state index contributed by atoms with van der Waals surface area (Å²) in [4.78, 5) is 21.5. The summed E-state index contributed by atoms with van der Waals surface area (Å²) in [5.74, 6) is 0.134. The lowest BCUT2D eigenvalue weighted by molar-refractivity contribution is 0.102. The second-order valence-corrected chi connectivity index (χ2v) is 9.82. The molecule has 4 rings (SSSR count). The molecule has 1 fully saturated rings. The maximum atomic E-state index is 13.2. The summed E-state index contributed by atoms with van der Waals surface area (Å²) in [7, 11) is -3.62. The Morgan fingerprint density at radius 2 is 1.59 bits per heavy atom. The third-order valence-electron chi connectivity index (χ3n) is 5.57.